The summed E-state index contributed by atoms with van der Waals surface area (Å²) in [6, 6.07) is 8.84. The van der Waals surface area contributed by atoms with Crippen LogP contribution in [0.25, 0.3) is 10.9 Å². The van der Waals surface area contributed by atoms with Crippen LogP contribution in [0.15, 0.2) is 36.4 Å². The molecule has 0 saturated carbocycles. The molecule has 1 heterocycles. The quantitative estimate of drug-likeness (QED) is 0.600. The molecule has 146 valence electrons. The van der Waals surface area contributed by atoms with Gasteiger partial charge in [-0.2, -0.15) is 0 Å². The molecule has 28 heavy (non-hydrogen) atoms. The number of hydrogen-bond donors (Lipinski definition) is 3. The van der Waals surface area contributed by atoms with Gasteiger partial charge in [0.25, 0.3) is 0 Å². The number of amides is 1. The molecule has 0 aliphatic rings. The summed E-state index contributed by atoms with van der Waals surface area (Å²) in [5.41, 5.74) is 5.57. The average molecular weight is 382 g/mol. The van der Waals surface area contributed by atoms with E-state index in [-0.39, 0.29) is 18.7 Å². The SMILES string of the molecule is Cc1[nH]c2c(C)ccc(C)c2c1CC(=O)N[C@H](CC(=O)O)c1ccc(F)cc1. The number of carbonyl (C=O) groups is 2. The van der Waals surface area contributed by atoms with E-state index in [1.807, 2.05) is 32.9 Å². The van der Waals surface area contributed by atoms with Gasteiger partial charge in [0.1, 0.15) is 5.82 Å². The maximum atomic E-state index is 13.2. The van der Waals surface area contributed by atoms with E-state index < -0.39 is 17.8 Å². The van der Waals surface area contributed by atoms with Gasteiger partial charge in [0.05, 0.1) is 18.9 Å². The fourth-order valence-corrected chi connectivity index (χ4v) is 3.56. The molecule has 0 unspecified atom stereocenters. The number of halogens is 1. The van der Waals surface area contributed by atoms with E-state index in [9.17, 15) is 19.1 Å². The number of benzene rings is 2. The number of nitrogens with one attached hydrogen (secondary N) is 2. The first kappa shape index (κ1) is 19.6. The van der Waals surface area contributed by atoms with Crippen LogP contribution in [0.3, 0.4) is 0 Å². The first-order valence-corrected chi connectivity index (χ1v) is 9.10. The van der Waals surface area contributed by atoms with Crippen molar-refractivity contribution in [3.05, 3.63) is 70.2 Å². The highest BCUT2D eigenvalue weighted by Crippen LogP contribution is 2.28. The van der Waals surface area contributed by atoms with Crippen LogP contribution in [0.4, 0.5) is 4.39 Å². The van der Waals surface area contributed by atoms with Crippen molar-refractivity contribution in [3.8, 4) is 0 Å². The fraction of sp³-hybridized carbons (Fsp3) is 0.273. The Bertz CT molecular complexity index is 1040. The van der Waals surface area contributed by atoms with Gasteiger partial charge < -0.3 is 15.4 Å². The topological polar surface area (TPSA) is 82.2 Å². The van der Waals surface area contributed by atoms with E-state index in [0.29, 0.717) is 5.56 Å². The highest BCUT2D eigenvalue weighted by molar-refractivity contribution is 5.94. The maximum Gasteiger partial charge on any atom is 0.305 e. The van der Waals surface area contributed by atoms with E-state index in [1.54, 1.807) is 0 Å². The van der Waals surface area contributed by atoms with E-state index >= 15 is 0 Å². The van der Waals surface area contributed by atoms with Gasteiger partial charge in [0.2, 0.25) is 5.91 Å². The zero-order valence-corrected chi connectivity index (χ0v) is 16.1. The van der Waals surface area contributed by atoms with Gasteiger partial charge in [-0.25, -0.2) is 4.39 Å². The molecule has 0 spiro atoms. The summed E-state index contributed by atoms with van der Waals surface area (Å²) >= 11 is 0. The number of fused-ring (bicyclic) bond motifs is 1. The van der Waals surface area contributed by atoms with Crippen molar-refractivity contribution in [3.63, 3.8) is 0 Å². The summed E-state index contributed by atoms with van der Waals surface area (Å²) in [6.07, 6.45) is -0.143. The molecule has 1 atom stereocenters. The molecule has 0 fully saturated rings. The van der Waals surface area contributed by atoms with Crippen LogP contribution in [0.1, 0.15) is 40.4 Å². The Morgan fingerprint density at radius 1 is 1.07 bits per heavy atom. The lowest BCUT2D eigenvalue weighted by molar-refractivity contribution is -0.137. The van der Waals surface area contributed by atoms with Gasteiger partial charge in [0.15, 0.2) is 0 Å². The molecule has 3 rings (SSSR count). The third kappa shape index (κ3) is 4.06. The Morgan fingerprint density at radius 2 is 1.71 bits per heavy atom. The second kappa shape index (κ2) is 7.84. The van der Waals surface area contributed by atoms with Crippen molar-refractivity contribution in [2.45, 2.75) is 39.7 Å². The second-order valence-corrected chi connectivity index (χ2v) is 7.12. The van der Waals surface area contributed by atoms with Crippen molar-refractivity contribution in [1.82, 2.24) is 10.3 Å². The third-order valence-corrected chi connectivity index (χ3v) is 5.01. The molecule has 3 aromatic rings. The zero-order chi connectivity index (χ0) is 20.4. The molecule has 1 amide bonds. The highest BCUT2D eigenvalue weighted by Gasteiger charge is 2.21. The van der Waals surface area contributed by atoms with Gasteiger partial charge in [-0.3, -0.25) is 9.59 Å². The van der Waals surface area contributed by atoms with E-state index in [4.69, 9.17) is 0 Å². The summed E-state index contributed by atoms with van der Waals surface area (Å²) in [7, 11) is 0. The lowest BCUT2D eigenvalue weighted by Crippen LogP contribution is -2.31. The van der Waals surface area contributed by atoms with Gasteiger partial charge >= 0.3 is 5.97 Å². The molecule has 5 nitrogen and oxygen atoms in total. The fourth-order valence-electron chi connectivity index (χ4n) is 3.56. The number of aliphatic carboxylic acids is 1. The van der Waals surface area contributed by atoms with Crippen LogP contribution >= 0.6 is 0 Å². The van der Waals surface area contributed by atoms with Crippen LogP contribution in [0.2, 0.25) is 0 Å². The standard InChI is InChI=1S/C22H23FN2O3/c1-12-4-5-13(2)22-21(12)17(14(3)24-22)10-19(26)25-18(11-20(27)28)15-6-8-16(23)9-7-15/h4-9,18,24H,10-11H2,1-3H3,(H,25,26)(H,27,28)/t18-/m1/s1. The highest BCUT2D eigenvalue weighted by atomic mass is 19.1. The Labute approximate surface area is 162 Å². The molecule has 2 aromatic carbocycles. The molecule has 0 aliphatic heterocycles. The summed E-state index contributed by atoms with van der Waals surface area (Å²) in [5, 5.41) is 13.0. The molecule has 6 heteroatoms. The van der Waals surface area contributed by atoms with Crippen molar-refractivity contribution < 1.29 is 19.1 Å². The minimum absolute atomic E-state index is 0.132. The van der Waals surface area contributed by atoms with Crippen molar-refractivity contribution in [2.24, 2.45) is 0 Å². The van der Waals surface area contributed by atoms with E-state index in [2.05, 4.69) is 10.3 Å². The lowest BCUT2D eigenvalue weighted by Gasteiger charge is -2.18. The molecule has 0 bridgehead atoms. The number of aromatic amines is 1. The number of hydrogen-bond acceptors (Lipinski definition) is 2. The lowest BCUT2D eigenvalue weighted by atomic mass is 10.00. The van der Waals surface area contributed by atoms with Crippen LogP contribution in [-0.2, 0) is 16.0 Å². The summed E-state index contributed by atoms with van der Waals surface area (Å²) in [4.78, 5) is 27.3. The van der Waals surface area contributed by atoms with Gasteiger partial charge in [-0.05, 0) is 55.2 Å². The van der Waals surface area contributed by atoms with Crippen LogP contribution in [0, 0.1) is 26.6 Å². The molecule has 0 saturated heterocycles. The zero-order valence-electron chi connectivity index (χ0n) is 16.1. The normalized spacial score (nSPS) is 12.1. The molecule has 0 aliphatic carbocycles. The summed E-state index contributed by atoms with van der Waals surface area (Å²) in [5.74, 6) is -1.73. The average Bonchev–Trinajstić information content (AvgIpc) is 2.95. The minimum Gasteiger partial charge on any atom is -0.481 e. The number of carboxylic acid groups (broad SMARTS) is 1. The molecule has 1 aromatic heterocycles. The monoisotopic (exact) mass is 382 g/mol. The van der Waals surface area contributed by atoms with Gasteiger partial charge in [0, 0.05) is 16.6 Å². The van der Waals surface area contributed by atoms with Gasteiger partial charge in [-0.15, -0.1) is 0 Å². The van der Waals surface area contributed by atoms with E-state index in [0.717, 1.165) is 33.3 Å². The number of carbonyl (C=O) groups excluding carboxylic acids is 1. The smallest absolute Gasteiger partial charge is 0.305 e. The predicted molar refractivity (Wildman–Crippen MR) is 106 cm³/mol. The number of rotatable bonds is 6. The van der Waals surface area contributed by atoms with Crippen LogP contribution in [-0.4, -0.2) is 22.0 Å². The van der Waals surface area contributed by atoms with Crippen LogP contribution < -0.4 is 5.32 Å². The predicted octanol–water partition coefficient (Wildman–Crippen LogP) is 4.11. The molecular weight excluding hydrogens is 359 g/mol. The first-order valence-electron chi connectivity index (χ1n) is 9.10. The third-order valence-electron chi connectivity index (χ3n) is 5.01. The van der Waals surface area contributed by atoms with Crippen molar-refractivity contribution >= 4 is 22.8 Å². The number of carboxylic acids is 1. The first-order chi connectivity index (χ1) is 13.3. The van der Waals surface area contributed by atoms with Crippen molar-refractivity contribution in [2.75, 3.05) is 0 Å². The summed E-state index contributed by atoms with van der Waals surface area (Å²) < 4.78 is 13.2. The van der Waals surface area contributed by atoms with E-state index in [1.165, 1.54) is 24.3 Å². The number of H-pyrrole nitrogens is 1. The number of aryl methyl sites for hydroxylation is 3. The maximum absolute atomic E-state index is 13.2. The molecule has 3 N–H and O–H groups in total. The van der Waals surface area contributed by atoms with Crippen LogP contribution in [0.5, 0.6) is 0 Å². The Kier molecular flexibility index (Phi) is 5.49. The Morgan fingerprint density at radius 3 is 2.36 bits per heavy atom. The summed E-state index contributed by atoms with van der Waals surface area (Å²) in [6.45, 7) is 5.94. The molecular formula is C22H23FN2O3. The Hall–Kier alpha value is -3.15. The number of aromatic nitrogens is 1. The second-order valence-electron chi connectivity index (χ2n) is 7.12. The minimum atomic E-state index is -1.04. The Balaban J connectivity index is 1.86. The van der Waals surface area contributed by atoms with Crippen molar-refractivity contribution in [1.29, 1.82) is 0 Å². The largest absolute Gasteiger partial charge is 0.481 e. The van der Waals surface area contributed by atoms with Gasteiger partial charge in [-0.1, -0.05) is 24.3 Å². The molecule has 0 radical (unpaired) electrons.